The monoisotopic (exact) mass is 364 g/mol. The number of nitrogens with one attached hydrogen (secondary N) is 2. The molecule has 136 valence electrons. The molecule has 8 heteroatoms. The molecule has 2 aromatic rings. The smallest absolute Gasteiger partial charge is 0.240 e. The van der Waals surface area contributed by atoms with Crippen LogP contribution < -0.4 is 10.0 Å². The molecule has 25 heavy (non-hydrogen) atoms. The third-order valence-corrected chi connectivity index (χ3v) is 5.24. The van der Waals surface area contributed by atoms with Crippen molar-refractivity contribution in [3.05, 3.63) is 48.5 Å². The van der Waals surface area contributed by atoms with Crippen LogP contribution in [0.25, 0.3) is 0 Å². The molecular formula is C17H24N4O3S. The van der Waals surface area contributed by atoms with E-state index in [0.29, 0.717) is 25.9 Å². The molecule has 1 aromatic carbocycles. The molecular weight excluding hydrogens is 340 g/mol. The van der Waals surface area contributed by atoms with Gasteiger partial charge in [-0.2, -0.15) is 0 Å². The number of nitrogens with zero attached hydrogens (tertiary/aromatic N) is 2. The second-order valence-corrected chi connectivity index (χ2v) is 7.42. The average Bonchev–Trinajstić information content (AvgIpc) is 3.11. The van der Waals surface area contributed by atoms with Gasteiger partial charge in [-0.25, -0.2) is 18.1 Å². The van der Waals surface area contributed by atoms with Crippen LogP contribution in [0.1, 0.15) is 25.3 Å². The second kappa shape index (κ2) is 9.33. The summed E-state index contributed by atoms with van der Waals surface area (Å²) in [7, 11) is -3.43. The van der Waals surface area contributed by atoms with Crippen LogP contribution in [0, 0.1) is 0 Å². The topological polar surface area (TPSA) is 93.1 Å². The Morgan fingerprint density at radius 2 is 2.00 bits per heavy atom. The zero-order valence-corrected chi connectivity index (χ0v) is 15.1. The molecule has 0 atom stereocenters. The van der Waals surface area contributed by atoms with E-state index in [-0.39, 0.29) is 10.8 Å². The van der Waals surface area contributed by atoms with Crippen LogP contribution >= 0.6 is 0 Å². The summed E-state index contributed by atoms with van der Waals surface area (Å²) in [5.74, 6) is -0.00465. The average molecular weight is 364 g/mol. The quantitative estimate of drug-likeness (QED) is 0.622. The van der Waals surface area contributed by atoms with Crippen molar-refractivity contribution in [1.29, 1.82) is 0 Å². The largest absolute Gasteiger partial charge is 0.356 e. The van der Waals surface area contributed by atoms with Gasteiger partial charge in [0.2, 0.25) is 15.9 Å². The molecule has 0 aliphatic rings. The molecule has 1 heterocycles. The number of carbonyl (C=O) groups is 1. The number of hydrogen-bond donors (Lipinski definition) is 2. The fourth-order valence-corrected chi connectivity index (χ4v) is 3.40. The Bertz CT molecular complexity index is 756. The van der Waals surface area contributed by atoms with Crippen molar-refractivity contribution in [3.63, 3.8) is 0 Å². The van der Waals surface area contributed by atoms with Crippen molar-refractivity contribution >= 4 is 15.9 Å². The maximum Gasteiger partial charge on any atom is 0.240 e. The minimum Gasteiger partial charge on any atom is -0.356 e. The molecule has 0 bridgehead atoms. The number of aromatic nitrogens is 2. The molecule has 0 unspecified atom stereocenters. The molecule has 0 spiro atoms. The van der Waals surface area contributed by atoms with E-state index in [1.807, 2.05) is 10.8 Å². The van der Waals surface area contributed by atoms with E-state index < -0.39 is 10.0 Å². The van der Waals surface area contributed by atoms with Crippen molar-refractivity contribution in [2.75, 3.05) is 13.1 Å². The lowest BCUT2D eigenvalue weighted by molar-refractivity contribution is -0.121. The number of rotatable bonds is 10. The van der Waals surface area contributed by atoms with E-state index in [1.165, 1.54) is 0 Å². The summed E-state index contributed by atoms with van der Waals surface area (Å²) in [5, 5.41) is 2.89. The highest BCUT2D eigenvalue weighted by Crippen LogP contribution is 2.11. The van der Waals surface area contributed by atoms with E-state index in [2.05, 4.69) is 15.0 Å². The predicted molar refractivity (Wildman–Crippen MR) is 95.5 cm³/mol. The Morgan fingerprint density at radius 1 is 1.24 bits per heavy atom. The lowest BCUT2D eigenvalue weighted by atomic mass is 10.1. The minimum atomic E-state index is -3.43. The first-order valence-electron chi connectivity index (χ1n) is 8.32. The lowest BCUT2D eigenvalue weighted by Gasteiger charge is -2.07. The van der Waals surface area contributed by atoms with Crippen molar-refractivity contribution in [1.82, 2.24) is 19.6 Å². The van der Waals surface area contributed by atoms with Crippen LogP contribution in [0.2, 0.25) is 0 Å². The van der Waals surface area contributed by atoms with Crippen molar-refractivity contribution in [2.24, 2.45) is 0 Å². The molecule has 0 saturated carbocycles. The number of benzene rings is 1. The molecule has 0 saturated heterocycles. The van der Waals surface area contributed by atoms with Crippen molar-refractivity contribution in [3.8, 4) is 0 Å². The number of aryl methyl sites for hydroxylation is 2. The Balaban J connectivity index is 1.70. The van der Waals surface area contributed by atoms with Gasteiger partial charge in [-0.1, -0.05) is 19.1 Å². The van der Waals surface area contributed by atoms with E-state index in [9.17, 15) is 13.2 Å². The second-order valence-electron chi connectivity index (χ2n) is 5.65. The van der Waals surface area contributed by atoms with Crippen LogP contribution in [0.5, 0.6) is 0 Å². The minimum absolute atomic E-state index is 0.00465. The first kappa shape index (κ1) is 19.1. The number of amides is 1. The zero-order valence-electron chi connectivity index (χ0n) is 14.3. The molecule has 0 aliphatic heterocycles. The van der Waals surface area contributed by atoms with Gasteiger partial charge in [0.05, 0.1) is 11.2 Å². The van der Waals surface area contributed by atoms with Gasteiger partial charge in [-0.15, -0.1) is 0 Å². The Morgan fingerprint density at radius 3 is 2.64 bits per heavy atom. The SMILES string of the molecule is CCNS(=O)(=O)c1ccc(CCC(=O)NCCCn2ccnc2)cc1. The zero-order chi connectivity index (χ0) is 18.1. The molecule has 2 N–H and O–H groups in total. The Hall–Kier alpha value is -2.19. The van der Waals surface area contributed by atoms with Gasteiger partial charge in [0, 0.05) is 38.4 Å². The van der Waals surface area contributed by atoms with Gasteiger partial charge in [0.25, 0.3) is 0 Å². The van der Waals surface area contributed by atoms with Gasteiger partial charge in [-0.05, 0) is 30.5 Å². The van der Waals surface area contributed by atoms with Crippen LogP contribution in [-0.2, 0) is 27.8 Å². The van der Waals surface area contributed by atoms with Crippen LogP contribution in [0.15, 0.2) is 47.9 Å². The summed E-state index contributed by atoms with van der Waals surface area (Å²) in [6.45, 7) is 3.53. The maximum absolute atomic E-state index is 11.9. The van der Waals surface area contributed by atoms with E-state index in [0.717, 1.165) is 18.5 Å². The van der Waals surface area contributed by atoms with Crippen LogP contribution in [-0.4, -0.2) is 37.0 Å². The molecule has 0 aliphatic carbocycles. The summed E-state index contributed by atoms with van der Waals surface area (Å²) in [6, 6.07) is 6.62. The first-order chi connectivity index (χ1) is 12.0. The third-order valence-electron chi connectivity index (χ3n) is 3.68. The maximum atomic E-state index is 11.9. The normalized spacial score (nSPS) is 11.4. The molecule has 2 rings (SSSR count). The van der Waals surface area contributed by atoms with Crippen molar-refractivity contribution in [2.45, 2.75) is 37.6 Å². The van der Waals surface area contributed by atoms with Gasteiger partial charge < -0.3 is 9.88 Å². The van der Waals surface area contributed by atoms with Crippen LogP contribution in [0.3, 0.4) is 0 Å². The van der Waals surface area contributed by atoms with E-state index in [4.69, 9.17) is 0 Å². The summed E-state index contributed by atoms with van der Waals surface area (Å²) in [6.07, 6.45) is 7.18. The highest BCUT2D eigenvalue weighted by Gasteiger charge is 2.12. The highest BCUT2D eigenvalue weighted by atomic mass is 32.2. The fourth-order valence-electron chi connectivity index (χ4n) is 2.36. The summed E-state index contributed by atoms with van der Waals surface area (Å²) >= 11 is 0. The van der Waals surface area contributed by atoms with Gasteiger partial charge in [-0.3, -0.25) is 4.79 Å². The van der Waals surface area contributed by atoms with E-state index in [1.54, 1.807) is 43.7 Å². The van der Waals surface area contributed by atoms with Gasteiger partial charge in [0.1, 0.15) is 0 Å². The molecule has 0 fully saturated rings. The number of carbonyl (C=O) groups excluding carboxylic acids is 1. The van der Waals surface area contributed by atoms with E-state index >= 15 is 0 Å². The fraction of sp³-hybridized carbons (Fsp3) is 0.412. The van der Waals surface area contributed by atoms with Gasteiger partial charge >= 0.3 is 0 Å². The van der Waals surface area contributed by atoms with Crippen molar-refractivity contribution < 1.29 is 13.2 Å². The predicted octanol–water partition coefficient (Wildman–Crippen LogP) is 1.32. The number of sulfonamides is 1. The molecule has 1 aromatic heterocycles. The molecule has 0 radical (unpaired) electrons. The highest BCUT2D eigenvalue weighted by molar-refractivity contribution is 7.89. The number of hydrogen-bond acceptors (Lipinski definition) is 4. The first-order valence-corrected chi connectivity index (χ1v) is 9.80. The van der Waals surface area contributed by atoms with Gasteiger partial charge in [0.15, 0.2) is 0 Å². The third kappa shape index (κ3) is 6.32. The molecule has 1 amide bonds. The summed E-state index contributed by atoms with van der Waals surface area (Å²) in [4.78, 5) is 16.1. The number of imidazole rings is 1. The summed E-state index contributed by atoms with van der Waals surface area (Å²) < 4.78 is 28.1. The Kier molecular flexibility index (Phi) is 7.15. The Labute approximate surface area is 148 Å². The molecule has 7 nitrogen and oxygen atoms in total. The van der Waals surface area contributed by atoms with Crippen LogP contribution in [0.4, 0.5) is 0 Å². The standard InChI is InChI=1S/C17H24N4O3S/c1-2-20-25(23,24)16-7-4-15(5-8-16)6-9-17(22)19-10-3-12-21-13-11-18-14-21/h4-5,7-8,11,13-14,20H,2-3,6,9-10,12H2,1H3,(H,19,22). The lowest BCUT2D eigenvalue weighted by Crippen LogP contribution is -2.25. The summed E-state index contributed by atoms with van der Waals surface area (Å²) in [5.41, 5.74) is 0.934.